The van der Waals surface area contributed by atoms with Crippen LogP contribution in [0.1, 0.15) is 42.5 Å². The van der Waals surface area contributed by atoms with Crippen LogP contribution in [0.15, 0.2) is 12.1 Å². The summed E-state index contributed by atoms with van der Waals surface area (Å²) in [5.41, 5.74) is 9.80. The van der Waals surface area contributed by atoms with Crippen molar-refractivity contribution in [1.82, 2.24) is 0 Å². The smallest absolute Gasteiger partial charge is 0.323 e. The highest BCUT2D eigenvalue weighted by atomic mass is 16.4. The molecule has 0 bridgehead atoms. The Labute approximate surface area is 115 Å². The Morgan fingerprint density at radius 1 is 1.32 bits per heavy atom. The van der Waals surface area contributed by atoms with E-state index in [2.05, 4.69) is 39.8 Å². The normalized spacial score (nSPS) is 15.9. The zero-order valence-electron chi connectivity index (χ0n) is 12.6. The largest absolute Gasteiger partial charge is 0.480 e. The minimum Gasteiger partial charge on any atom is -0.480 e. The van der Waals surface area contributed by atoms with Crippen LogP contribution in [0.5, 0.6) is 0 Å². The SMILES string of the molecule is Cc1cc(C)c(CC(C)CC(C)(N)C(=O)O)c(C)c1. The van der Waals surface area contributed by atoms with Crippen LogP contribution in [0.3, 0.4) is 0 Å². The second-order valence-electron chi connectivity index (χ2n) is 6.11. The van der Waals surface area contributed by atoms with Gasteiger partial charge in [0.1, 0.15) is 5.54 Å². The van der Waals surface area contributed by atoms with Crippen molar-refractivity contribution < 1.29 is 9.90 Å². The molecule has 0 aliphatic rings. The van der Waals surface area contributed by atoms with Crippen LogP contribution in [0.25, 0.3) is 0 Å². The number of carboxylic acid groups (broad SMARTS) is 1. The average Bonchev–Trinajstić information content (AvgIpc) is 2.22. The molecule has 3 N–H and O–H groups in total. The van der Waals surface area contributed by atoms with Crippen LogP contribution >= 0.6 is 0 Å². The van der Waals surface area contributed by atoms with E-state index in [1.54, 1.807) is 6.92 Å². The van der Waals surface area contributed by atoms with Gasteiger partial charge in [0, 0.05) is 0 Å². The Balaban J connectivity index is 2.84. The number of carbonyl (C=O) groups is 1. The minimum absolute atomic E-state index is 0.242. The highest BCUT2D eigenvalue weighted by molar-refractivity contribution is 5.77. The van der Waals surface area contributed by atoms with Gasteiger partial charge in [-0.25, -0.2) is 0 Å². The molecule has 1 aromatic rings. The van der Waals surface area contributed by atoms with E-state index in [0.717, 1.165) is 6.42 Å². The molecule has 3 nitrogen and oxygen atoms in total. The second kappa shape index (κ2) is 5.74. The van der Waals surface area contributed by atoms with Crippen molar-refractivity contribution in [2.24, 2.45) is 11.7 Å². The lowest BCUT2D eigenvalue weighted by Crippen LogP contribution is -2.46. The summed E-state index contributed by atoms with van der Waals surface area (Å²) in [4.78, 5) is 11.1. The molecule has 0 aromatic heterocycles. The maximum absolute atomic E-state index is 11.1. The first-order valence-corrected chi connectivity index (χ1v) is 6.72. The molecule has 1 aromatic carbocycles. The van der Waals surface area contributed by atoms with Crippen molar-refractivity contribution in [3.63, 3.8) is 0 Å². The van der Waals surface area contributed by atoms with Gasteiger partial charge in [0.15, 0.2) is 0 Å². The summed E-state index contributed by atoms with van der Waals surface area (Å²) in [7, 11) is 0. The molecule has 2 atom stereocenters. The molecule has 0 heterocycles. The molecular weight excluding hydrogens is 238 g/mol. The predicted molar refractivity (Wildman–Crippen MR) is 78.4 cm³/mol. The Morgan fingerprint density at radius 3 is 2.21 bits per heavy atom. The first-order valence-electron chi connectivity index (χ1n) is 6.72. The Morgan fingerprint density at radius 2 is 1.79 bits per heavy atom. The van der Waals surface area contributed by atoms with Crippen LogP contribution in [0.2, 0.25) is 0 Å². The zero-order valence-corrected chi connectivity index (χ0v) is 12.6. The highest BCUT2D eigenvalue weighted by Gasteiger charge is 2.30. The maximum Gasteiger partial charge on any atom is 0.323 e. The fraction of sp³-hybridized carbons (Fsp3) is 0.562. The lowest BCUT2D eigenvalue weighted by atomic mass is 9.84. The third kappa shape index (κ3) is 4.06. The van der Waals surface area contributed by atoms with Gasteiger partial charge in [0.25, 0.3) is 0 Å². The summed E-state index contributed by atoms with van der Waals surface area (Å²) in [5, 5.41) is 9.08. The van der Waals surface area contributed by atoms with E-state index in [-0.39, 0.29) is 5.92 Å². The van der Waals surface area contributed by atoms with Gasteiger partial charge in [0.05, 0.1) is 0 Å². The molecule has 19 heavy (non-hydrogen) atoms. The molecule has 3 heteroatoms. The quantitative estimate of drug-likeness (QED) is 0.858. The number of benzene rings is 1. The van der Waals surface area contributed by atoms with E-state index in [9.17, 15) is 4.79 Å². The monoisotopic (exact) mass is 263 g/mol. The summed E-state index contributed by atoms with van der Waals surface area (Å²) >= 11 is 0. The molecular formula is C16H25NO2. The molecule has 0 aliphatic heterocycles. The number of hydrogen-bond acceptors (Lipinski definition) is 2. The first-order chi connectivity index (χ1) is 8.63. The number of rotatable bonds is 5. The fourth-order valence-electron chi connectivity index (χ4n) is 2.76. The Kier molecular flexibility index (Phi) is 4.75. The van der Waals surface area contributed by atoms with Crippen molar-refractivity contribution in [1.29, 1.82) is 0 Å². The van der Waals surface area contributed by atoms with Crippen LogP contribution < -0.4 is 5.73 Å². The first kappa shape index (κ1) is 15.7. The van der Waals surface area contributed by atoms with Gasteiger partial charge >= 0.3 is 5.97 Å². The average molecular weight is 263 g/mol. The van der Waals surface area contributed by atoms with Gasteiger partial charge < -0.3 is 10.8 Å². The van der Waals surface area contributed by atoms with Crippen molar-refractivity contribution in [2.45, 2.75) is 53.0 Å². The summed E-state index contributed by atoms with van der Waals surface area (Å²) in [5.74, 6) is -0.692. The van der Waals surface area contributed by atoms with E-state index < -0.39 is 11.5 Å². The number of nitrogens with two attached hydrogens (primary N) is 1. The second-order valence-corrected chi connectivity index (χ2v) is 6.11. The van der Waals surface area contributed by atoms with Crippen LogP contribution in [0.4, 0.5) is 0 Å². The predicted octanol–water partition coefficient (Wildman–Crippen LogP) is 2.98. The number of carboxylic acids is 1. The van der Waals surface area contributed by atoms with Gasteiger partial charge in [-0.3, -0.25) is 4.79 Å². The standard InChI is InChI=1S/C16H25NO2/c1-10-6-12(3)14(13(4)7-10)8-11(2)9-16(5,17)15(18)19/h6-7,11H,8-9,17H2,1-5H3,(H,18,19). The summed E-state index contributed by atoms with van der Waals surface area (Å²) < 4.78 is 0. The lowest BCUT2D eigenvalue weighted by molar-refractivity contribution is -0.143. The summed E-state index contributed by atoms with van der Waals surface area (Å²) in [6.45, 7) is 9.96. The van der Waals surface area contributed by atoms with Gasteiger partial charge in [0.2, 0.25) is 0 Å². The Hall–Kier alpha value is -1.35. The molecule has 0 saturated heterocycles. The number of aryl methyl sites for hydroxylation is 3. The number of hydrogen-bond donors (Lipinski definition) is 2. The molecule has 106 valence electrons. The fourth-order valence-corrected chi connectivity index (χ4v) is 2.76. The zero-order chi connectivity index (χ0) is 14.8. The van der Waals surface area contributed by atoms with Gasteiger partial charge in [-0.2, -0.15) is 0 Å². The molecule has 1 rings (SSSR count). The molecule has 0 amide bonds. The molecule has 0 fully saturated rings. The van der Waals surface area contributed by atoms with Crippen molar-refractivity contribution in [3.8, 4) is 0 Å². The van der Waals surface area contributed by atoms with E-state index in [4.69, 9.17) is 10.8 Å². The van der Waals surface area contributed by atoms with Gasteiger partial charge in [-0.1, -0.05) is 24.6 Å². The van der Waals surface area contributed by atoms with Crippen molar-refractivity contribution in [2.75, 3.05) is 0 Å². The maximum atomic E-state index is 11.1. The number of aliphatic carboxylic acids is 1. The van der Waals surface area contributed by atoms with E-state index in [1.807, 2.05) is 0 Å². The third-order valence-corrected chi connectivity index (χ3v) is 3.65. The van der Waals surface area contributed by atoms with Crippen molar-refractivity contribution >= 4 is 5.97 Å². The Bertz CT molecular complexity index is 455. The van der Waals surface area contributed by atoms with Gasteiger partial charge in [-0.05, 0) is 63.1 Å². The molecule has 0 radical (unpaired) electrons. The molecule has 2 unspecified atom stereocenters. The lowest BCUT2D eigenvalue weighted by Gasteiger charge is -2.24. The van der Waals surface area contributed by atoms with Crippen LogP contribution in [0, 0.1) is 26.7 Å². The van der Waals surface area contributed by atoms with E-state index in [1.165, 1.54) is 22.3 Å². The van der Waals surface area contributed by atoms with E-state index in [0.29, 0.717) is 6.42 Å². The van der Waals surface area contributed by atoms with Crippen LogP contribution in [-0.2, 0) is 11.2 Å². The minimum atomic E-state index is -1.15. The highest BCUT2D eigenvalue weighted by Crippen LogP contribution is 2.24. The third-order valence-electron chi connectivity index (χ3n) is 3.65. The molecule has 0 saturated carbocycles. The van der Waals surface area contributed by atoms with E-state index >= 15 is 0 Å². The van der Waals surface area contributed by atoms with Gasteiger partial charge in [-0.15, -0.1) is 0 Å². The van der Waals surface area contributed by atoms with Crippen molar-refractivity contribution in [3.05, 3.63) is 34.4 Å². The molecule has 0 spiro atoms. The molecule has 0 aliphatic carbocycles. The van der Waals surface area contributed by atoms with Crippen LogP contribution in [-0.4, -0.2) is 16.6 Å². The summed E-state index contributed by atoms with van der Waals surface area (Å²) in [6, 6.07) is 4.35. The summed E-state index contributed by atoms with van der Waals surface area (Å²) in [6.07, 6.45) is 1.35. The topological polar surface area (TPSA) is 63.3 Å².